The van der Waals surface area contributed by atoms with E-state index in [9.17, 15) is 0 Å². The van der Waals surface area contributed by atoms with Crippen LogP contribution in [0.4, 0.5) is 11.4 Å². The molecule has 0 aliphatic carbocycles. The Bertz CT molecular complexity index is 602. The minimum absolute atomic E-state index is 0.106. The quantitative estimate of drug-likeness (QED) is 0.390. The Balaban J connectivity index is 0.000000180. The van der Waals surface area contributed by atoms with Gasteiger partial charge in [0.25, 0.3) is 0 Å². The molecule has 0 saturated carbocycles. The maximum Gasteiger partial charge on any atom is 0.223 e. The van der Waals surface area contributed by atoms with Crippen LogP contribution in [-0.2, 0) is 0 Å². The Hall–Kier alpha value is -1.15. The van der Waals surface area contributed by atoms with Crippen molar-refractivity contribution in [3.63, 3.8) is 0 Å². The van der Waals surface area contributed by atoms with Crippen LogP contribution in [-0.4, -0.2) is 19.9 Å². The van der Waals surface area contributed by atoms with Crippen molar-refractivity contribution in [2.45, 2.75) is 0 Å². The molecule has 6 nitrogen and oxygen atoms in total. The lowest BCUT2D eigenvalue weighted by atomic mass is 10.6. The van der Waals surface area contributed by atoms with E-state index in [4.69, 9.17) is 58.5 Å². The summed E-state index contributed by atoms with van der Waals surface area (Å²) in [5.74, 6) is 0. The van der Waals surface area contributed by atoms with E-state index in [1.165, 1.54) is 12.4 Å². The summed E-state index contributed by atoms with van der Waals surface area (Å²) in [5.41, 5.74) is 11.4. The van der Waals surface area contributed by atoms with E-state index >= 15 is 0 Å². The molecule has 0 atom stereocenters. The van der Waals surface area contributed by atoms with Gasteiger partial charge in [-0.3, -0.25) is 0 Å². The van der Waals surface area contributed by atoms with Crippen molar-refractivity contribution in [2.24, 2.45) is 0 Å². The van der Waals surface area contributed by atoms with Gasteiger partial charge in [0, 0.05) is 0 Å². The molecule has 18 heavy (non-hydrogen) atoms. The number of nitrogens with one attached hydrogen (secondary N) is 1. The van der Waals surface area contributed by atoms with Crippen LogP contribution in [0.15, 0.2) is 12.4 Å². The largest absolute Gasteiger partial charge is 0.395 e. The summed E-state index contributed by atoms with van der Waals surface area (Å²) < 4.78 is 0.426. The van der Waals surface area contributed by atoms with Crippen LogP contribution in [0.2, 0.25) is 15.7 Å². The zero-order chi connectivity index (χ0) is 13.7. The molecule has 0 spiro atoms. The highest BCUT2D eigenvalue weighted by molar-refractivity contribution is 7.71. The zero-order valence-corrected chi connectivity index (χ0v) is 11.8. The Morgan fingerprint density at radius 2 is 1.67 bits per heavy atom. The first kappa shape index (κ1) is 14.9. The number of nitrogens with zero attached hydrogens (tertiary/aromatic N) is 3. The number of rotatable bonds is 0. The molecule has 5 N–H and O–H groups in total. The number of anilines is 2. The van der Waals surface area contributed by atoms with E-state index < -0.39 is 0 Å². The second-order valence-electron chi connectivity index (χ2n) is 2.84. The first-order chi connectivity index (χ1) is 8.40. The number of halogens is 3. The lowest BCUT2D eigenvalue weighted by Crippen LogP contribution is -1.90. The lowest BCUT2D eigenvalue weighted by molar-refractivity contribution is 1.16. The Kier molecular flexibility index (Phi) is 5.54. The van der Waals surface area contributed by atoms with Gasteiger partial charge in [0.05, 0.1) is 23.8 Å². The number of aromatic amines is 1. The monoisotopic (exact) mass is 324 g/mol. The number of hydrogen-bond acceptors (Lipinski definition) is 6. The fraction of sp³-hybridized carbons (Fsp3) is 0. The highest BCUT2D eigenvalue weighted by Gasteiger charge is 1.96. The van der Waals surface area contributed by atoms with Gasteiger partial charge in [-0.05, 0) is 23.2 Å². The van der Waals surface area contributed by atoms with Gasteiger partial charge in [-0.1, -0.05) is 23.8 Å². The van der Waals surface area contributed by atoms with E-state index in [2.05, 4.69) is 19.9 Å². The van der Waals surface area contributed by atoms with E-state index in [0.29, 0.717) is 16.0 Å². The van der Waals surface area contributed by atoms with Crippen molar-refractivity contribution >= 4 is 58.4 Å². The topological polar surface area (TPSA) is 106 Å². The number of hydrogen-bond donors (Lipinski definition) is 3. The molecule has 0 unspecified atom stereocenters. The van der Waals surface area contributed by atoms with E-state index in [0.717, 1.165) is 0 Å². The van der Waals surface area contributed by atoms with Crippen molar-refractivity contribution in [1.29, 1.82) is 0 Å². The normalized spacial score (nSPS) is 9.50. The van der Waals surface area contributed by atoms with E-state index in [1.807, 2.05) is 0 Å². The summed E-state index contributed by atoms with van der Waals surface area (Å²) >= 11 is 21.0. The van der Waals surface area contributed by atoms with Crippen LogP contribution < -0.4 is 11.5 Å². The van der Waals surface area contributed by atoms with Crippen LogP contribution in [0.25, 0.3) is 0 Å². The second kappa shape index (κ2) is 6.69. The molecule has 10 heteroatoms. The fourth-order valence-electron chi connectivity index (χ4n) is 0.733. The van der Waals surface area contributed by atoms with Gasteiger partial charge in [0.2, 0.25) is 10.6 Å². The summed E-state index contributed by atoms with van der Waals surface area (Å²) in [6.07, 6.45) is 2.78. The van der Waals surface area contributed by atoms with Crippen LogP contribution in [0.3, 0.4) is 0 Å². The van der Waals surface area contributed by atoms with E-state index in [1.54, 1.807) is 0 Å². The van der Waals surface area contributed by atoms with Gasteiger partial charge >= 0.3 is 0 Å². The smallest absolute Gasteiger partial charge is 0.223 e. The number of nitrogen functional groups attached to an aromatic ring is 2. The van der Waals surface area contributed by atoms with Crippen LogP contribution >= 0.6 is 47.0 Å². The van der Waals surface area contributed by atoms with Crippen molar-refractivity contribution in [3.05, 3.63) is 32.8 Å². The third kappa shape index (κ3) is 4.61. The Labute approximate surface area is 122 Å². The van der Waals surface area contributed by atoms with Crippen LogP contribution in [0.5, 0.6) is 0 Å². The molecule has 0 bridgehead atoms. The molecule has 2 aromatic rings. The summed E-state index contributed by atoms with van der Waals surface area (Å²) in [4.78, 5) is 13.4. The molecule has 0 fully saturated rings. The molecular formula is C8H7Cl3N6S. The van der Waals surface area contributed by atoms with Gasteiger partial charge in [-0.15, -0.1) is 0 Å². The standard InChI is InChI=1S/C4H3Cl2N3.C4H4ClN3S/c5-3-2(7)1-8-4(6)9-3;5-4-7-1-2(6)3(9)8-4/h1H,7H2;1H,6H2,(H,7,8,9). The third-order valence-corrected chi connectivity index (χ3v) is 2.55. The lowest BCUT2D eigenvalue weighted by Gasteiger charge is -1.92. The molecular weight excluding hydrogens is 319 g/mol. The average molecular weight is 326 g/mol. The predicted octanol–water partition coefficient (Wildman–Crippen LogP) is 2.74. The highest BCUT2D eigenvalue weighted by atomic mass is 35.5. The zero-order valence-electron chi connectivity index (χ0n) is 8.69. The van der Waals surface area contributed by atoms with E-state index in [-0.39, 0.29) is 15.7 Å². The van der Waals surface area contributed by atoms with Crippen molar-refractivity contribution in [1.82, 2.24) is 19.9 Å². The average Bonchev–Trinajstić information content (AvgIpc) is 2.30. The molecule has 0 aromatic carbocycles. The molecule has 0 radical (unpaired) electrons. The summed E-state index contributed by atoms with van der Waals surface area (Å²) in [5, 5.41) is 0.554. The molecule has 0 aliphatic rings. The molecule has 2 rings (SSSR count). The van der Waals surface area contributed by atoms with Crippen molar-refractivity contribution < 1.29 is 0 Å². The number of aromatic nitrogens is 4. The maximum atomic E-state index is 5.45. The maximum absolute atomic E-state index is 5.45. The molecule has 2 heterocycles. The SMILES string of the molecule is Nc1cnc(Cl)[nH]c1=S.Nc1cnc(Cl)nc1Cl. The fourth-order valence-corrected chi connectivity index (χ4v) is 1.39. The summed E-state index contributed by atoms with van der Waals surface area (Å²) in [6, 6.07) is 0. The Morgan fingerprint density at radius 3 is 2.11 bits per heavy atom. The molecule has 96 valence electrons. The van der Waals surface area contributed by atoms with Crippen molar-refractivity contribution in [2.75, 3.05) is 11.5 Å². The van der Waals surface area contributed by atoms with Gasteiger partial charge in [0.15, 0.2) is 5.15 Å². The van der Waals surface area contributed by atoms with Gasteiger partial charge in [-0.2, -0.15) is 0 Å². The minimum atomic E-state index is 0.106. The second-order valence-corrected chi connectivity index (χ2v) is 4.31. The third-order valence-electron chi connectivity index (χ3n) is 1.53. The van der Waals surface area contributed by atoms with Crippen LogP contribution in [0, 0.1) is 4.64 Å². The summed E-state index contributed by atoms with van der Waals surface area (Å²) in [7, 11) is 0. The minimum Gasteiger partial charge on any atom is -0.395 e. The van der Waals surface area contributed by atoms with Gasteiger partial charge in [0.1, 0.15) is 4.64 Å². The highest BCUT2D eigenvalue weighted by Crippen LogP contribution is 2.14. The van der Waals surface area contributed by atoms with Gasteiger partial charge in [-0.25, -0.2) is 15.0 Å². The molecule has 0 amide bonds. The first-order valence-electron chi connectivity index (χ1n) is 4.34. The molecule has 0 aliphatic heterocycles. The number of H-pyrrole nitrogens is 1. The van der Waals surface area contributed by atoms with Gasteiger partial charge < -0.3 is 16.5 Å². The number of nitrogens with two attached hydrogens (primary N) is 2. The predicted molar refractivity (Wildman–Crippen MR) is 75.3 cm³/mol. The van der Waals surface area contributed by atoms with Crippen LogP contribution in [0.1, 0.15) is 0 Å². The summed E-state index contributed by atoms with van der Waals surface area (Å²) in [6.45, 7) is 0. The molecule has 2 aromatic heterocycles. The first-order valence-corrected chi connectivity index (χ1v) is 5.88. The molecule has 0 saturated heterocycles. The van der Waals surface area contributed by atoms with Crippen molar-refractivity contribution in [3.8, 4) is 0 Å². The Morgan fingerprint density at radius 1 is 1.06 bits per heavy atom.